The molecule has 0 saturated heterocycles. The fourth-order valence-electron chi connectivity index (χ4n) is 4.16. The summed E-state index contributed by atoms with van der Waals surface area (Å²) < 4.78 is 13.9. The van der Waals surface area contributed by atoms with Crippen LogP contribution in [0.15, 0.2) is 76.2 Å². The number of ether oxygens (including phenoxy) is 1. The zero-order valence-electron chi connectivity index (χ0n) is 18.6. The minimum absolute atomic E-state index is 0.0703. The molecule has 0 aliphatic carbocycles. The predicted molar refractivity (Wildman–Crippen MR) is 126 cm³/mol. The van der Waals surface area contributed by atoms with Crippen LogP contribution in [0.4, 0.5) is 0 Å². The Kier molecular flexibility index (Phi) is 5.33. The molecule has 170 valence electrons. The molecule has 5 rings (SSSR count). The summed E-state index contributed by atoms with van der Waals surface area (Å²) in [6, 6.07) is 18.7. The number of ketones is 1. The number of Topliss-reactive ketones (excluding diaryl/α,β-unsaturated/α-hetero) is 1. The molecule has 8 nitrogen and oxygen atoms in total. The average molecular weight is 455 g/mol. The van der Waals surface area contributed by atoms with E-state index < -0.39 is 18.1 Å². The Morgan fingerprint density at radius 3 is 2.56 bits per heavy atom. The molecule has 0 unspecified atom stereocenters. The first kappa shape index (κ1) is 21.4. The zero-order chi connectivity index (χ0) is 23.8. The van der Waals surface area contributed by atoms with Gasteiger partial charge < -0.3 is 13.7 Å². The summed E-state index contributed by atoms with van der Waals surface area (Å²) in [6.45, 7) is 2.96. The van der Waals surface area contributed by atoms with E-state index in [0.29, 0.717) is 16.7 Å². The molecule has 0 atom stereocenters. The standard InChI is InChI=1S/C26H21N3O5/c1-16-12-20(17(2)29(16)18-8-4-3-5-9-18)21(30)14-33-23(31)13-28-15-27-24-19-10-6-7-11-22(19)34-25(24)26(28)32/h3-12,15H,13-14H2,1-2H3. The number of aryl methyl sites for hydroxylation is 1. The molecule has 0 amide bonds. The first-order chi connectivity index (χ1) is 16.4. The van der Waals surface area contributed by atoms with Crippen LogP contribution in [0.5, 0.6) is 0 Å². The number of para-hydroxylation sites is 2. The first-order valence-corrected chi connectivity index (χ1v) is 10.7. The second-order valence-electron chi connectivity index (χ2n) is 7.99. The molecule has 5 aromatic rings. The Hall–Kier alpha value is -4.46. The van der Waals surface area contributed by atoms with Gasteiger partial charge in [0.05, 0.1) is 6.33 Å². The number of hydrogen-bond donors (Lipinski definition) is 0. The van der Waals surface area contributed by atoms with Gasteiger partial charge in [0.15, 0.2) is 6.61 Å². The SMILES string of the molecule is Cc1cc(C(=O)COC(=O)Cn2cnc3c(oc4ccccc43)c2=O)c(C)n1-c1ccccc1. The summed E-state index contributed by atoms with van der Waals surface area (Å²) in [7, 11) is 0. The molecule has 3 aromatic heterocycles. The maximum atomic E-state index is 12.8. The van der Waals surface area contributed by atoms with Gasteiger partial charge in [-0.15, -0.1) is 0 Å². The largest absolute Gasteiger partial charge is 0.456 e. The molecule has 8 heteroatoms. The van der Waals surface area contributed by atoms with E-state index in [-0.39, 0.29) is 17.9 Å². The number of rotatable bonds is 6. The van der Waals surface area contributed by atoms with Crippen molar-refractivity contribution in [3.8, 4) is 5.69 Å². The van der Waals surface area contributed by atoms with Gasteiger partial charge in [0.1, 0.15) is 17.6 Å². The van der Waals surface area contributed by atoms with Crippen molar-refractivity contribution in [2.75, 3.05) is 6.61 Å². The highest BCUT2D eigenvalue weighted by Gasteiger charge is 2.19. The molecule has 3 heterocycles. The summed E-state index contributed by atoms with van der Waals surface area (Å²) in [4.78, 5) is 42.2. The highest BCUT2D eigenvalue weighted by molar-refractivity contribution is 6.02. The van der Waals surface area contributed by atoms with E-state index in [1.165, 1.54) is 6.33 Å². The van der Waals surface area contributed by atoms with Crippen molar-refractivity contribution in [1.29, 1.82) is 0 Å². The van der Waals surface area contributed by atoms with E-state index >= 15 is 0 Å². The molecule has 0 N–H and O–H groups in total. The van der Waals surface area contributed by atoms with Crippen molar-refractivity contribution < 1.29 is 18.7 Å². The third-order valence-electron chi connectivity index (χ3n) is 5.76. The molecule has 0 radical (unpaired) electrons. The summed E-state index contributed by atoms with van der Waals surface area (Å²) in [5.41, 5.74) is 3.65. The Morgan fingerprint density at radius 2 is 1.76 bits per heavy atom. The van der Waals surface area contributed by atoms with Crippen molar-refractivity contribution in [2.24, 2.45) is 0 Å². The lowest BCUT2D eigenvalue weighted by molar-refractivity contribution is -0.143. The minimum atomic E-state index is -0.718. The monoisotopic (exact) mass is 455 g/mol. The van der Waals surface area contributed by atoms with Gasteiger partial charge in [0, 0.05) is 28.0 Å². The van der Waals surface area contributed by atoms with Crippen LogP contribution in [0.25, 0.3) is 27.8 Å². The second kappa shape index (κ2) is 8.47. The third-order valence-corrected chi connectivity index (χ3v) is 5.76. The van der Waals surface area contributed by atoms with Crippen LogP contribution >= 0.6 is 0 Å². The maximum absolute atomic E-state index is 12.8. The average Bonchev–Trinajstić information content (AvgIpc) is 3.37. The zero-order valence-corrected chi connectivity index (χ0v) is 18.6. The van der Waals surface area contributed by atoms with Crippen molar-refractivity contribution in [1.82, 2.24) is 14.1 Å². The lowest BCUT2D eigenvalue weighted by Gasteiger charge is -2.10. The maximum Gasteiger partial charge on any atom is 0.326 e. The Morgan fingerprint density at radius 1 is 1.03 bits per heavy atom. The highest BCUT2D eigenvalue weighted by Crippen LogP contribution is 2.24. The fourth-order valence-corrected chi connectivity index (χ4v) is 4.16. The molecule has 2 aromatic carbocycles. The topological polar surface area (TPSA) is 96.3 Å². The summed E-state index contributed by atoms with van der Waals surface area (Å²) in [5, 5.41) is 0.725. The lowest BCUT2D eigenvalue weighted by Crippen LogP contribution is -2.26. The number of aromatic nitrogens is 3. The fraction of sp³-hybridized carbons (Fsp3) is 0.154. The van der Waals surface area contributed by atoms with Gasteiger partial charge in [-0.2, -0.15) is 0 Å². The molecule has 0 aliphatic heterocycles. The second-order valence-corrected chi connectivity index (χ2v) is 7.99. The van der Waals surface area contributed by atoms with Crippen LogP contribution < -0.4 is 5.56 Å². The number of fused-ring (bicyclic) bond motifs is 3. The minimum Gasteiger partial charge on any atom is -0.456 e. The predicted octanol–water partition coefficient (Wildman–Crippen LogP) is 3.98. The van der Waals surface area contributed by atoms with Crippen LogP contribution in [0, 0.1) is 13.8 Å². The van der Waals surface area contributed by atoms with Gasteiger partial charge in [0.2, 0.25) is 11.4 Å². The van der Waals surface area contributed by atoms with Crippen LogP contribution in [-0.4, -0.2) is 32.5 Å². The summed E-state index contributed by atoms with van der Waals surface area (Å²) in [5.74, 6) is -1.04. The number of nitrogens with zero attached hydrogens (tertiary/aromatic N) is 3. The van der Waals surface area contributed by atoms with Gasteiger partial charge in [-0.05, 0) is 44.2 Å². The molecule has 0 bridgehead atoms. The van der Waals surface area contributed by atoms with Gasteiger partial charge in [0.25, 0.3) is 5.56 Å². The Labute approximate surface area is 194 Å². The quantitative estimate of drug-likeness (QED) is 0.284. The Bertz CT molecular complexity index is 1610. The molecule has 0 saturated carbocycles. The van der Waals surface area contributed by atoms with E-state index in [0.717, 1.165) is 27.0 Å². The first-order valence-electron chi connectivity index (χ1n) is 10.7. The van der Waals surface area contributed by atoms with Crippen LogP contribution in [0.3, 0.4) is 0 Å². The molecular weight excluding hydrogens is 434 g/mol. The normalized spacial score (nSPS) is 11.2. The number of benzene rings is 2. The molecular formula is C26H21N3O5. The van der Waals surface area contributed by atoms with Crippen LogP contribution in [0.1, 0.15) is 21.7 Å². The van der Waals surface area contributed by atoms with E-state index in [1.54, 1.807) is 18.2 Å². The Balaban J connectivity index is 1.30. The summed E-state index contributed by atoms with van der Waals surface area (Å²) >= 11 is 0. The van der Waals surface area contributed by atoms with Crippen molar-refractivity contribution in [3.05, 3.63) is 94.3 Å². The molecule has 0 spiro atoms. The van der Waals surface area contributed by atoms with E-state index in [4.69, 9.17) is 9.15 Å². The van der Waals surface area contributed by atoms with Crippen molar-refractivity contribution in [3.63, 3.8) is 0 Å². The van der Waals surface area contributed by atoms with Gasteiger partial charge >= 0.3 is 5.97 Å². The van der Waals surface area contributed by atoms with Crippen LogP contribution in [0.2, 0.25) is 0 Å². The lowest BCUT2D eigenvalue weighted by atomic mass is 10.1. The smallest absolute Gasteiger partial charge is 0.326 e. The van der Waals surface area contributed by atoms with Crippen LogP contribution in [-0.2, 0) is 16.1 Å². The number of hydrogen-bond acceptors (Lipinski definition) is 6. The highest BCUT2D eigenvalue weighted by atomic mass is 16.5. The number of esters is 1. The third kappa shape index (κ3) is 3.69. The van der Waals surface area contributed by atoms with E-state index in [2.05, 4.69) is 4.98 Å². The molecule has 0 aliphatic rings. The number of furan rings is 1. The summed E-state index contributed by atoms with van der Waals surface area (Å²) in [6.07, 6.45) is 1.28. The molecule has 0 fully saturated rings. The van der Waals surface area contributed by atoms with Crippen molar-refractivity contribution >= 4 is 33.8 Å². The number of carbonyl (C=O) groups is 2. The van der Waals surface area contributed by atoms with E-state index in [1.807, 2.05) is 60.9 Å². The molecule has 34 heavy (non-hydrogen) atoms. The van der Waals surface area contributed by atoms with Gasteiger partial charge in [-0.25, -0.2) is 4.98 Å². The number of carbonyl (C=O) groups excluding carboxylic acids is 2. The van der Waals surface area contributed by atoms with Crippen molar-refractivity contribution in [2.45, 2.75) is 20.4 Å². The van der Waals surface area contributed by atoms with E-state index in [9.17, 15) is 14.4 Å². The van der Waals surface area contributed by atoms with Gasteiger partial charge in [-0.3, -0.25) is 19.0 Å². The van der Waals surface area contributed by atoms with Gasteiger partial charge in [-0.1, -0.05) is 30.3 Å².